The van der Waals surface area contributed by atoms with Crippen molar-refractivity contribution in [1.29, 1.82) is 0 Å². The average molecular weight is 331 g/mol. The summed E-state index contributed by atoms with van der Waals surface area (Å²) in [5.74, 6) is 0. The highest BCUT2D eigenvalue weighted by Crippen LogP contribution is 2.40. The molecule has 0 bridgehead atoms. The molecule has 0 radical (unpaired) electrons. The van der Waals surface area contributed by atoms with Gasteiger partial charge in [-0.05, 0) is 51.0 Å². The Kier molecular flexibility index (Phi) is 7.36. The Hall–Kier alpha value is -1.94. The SMILES string of the molecule is CC(C=CC1=C(C)CCCC1(C)C)=CC=CC(C)=C(CO)[N+](=O)[O-]. The maximum Gasteiger partial charge on any atom is 0.274 e. The molecule has 4 heteroatoms. The van der Waals surface area contributed by atoms with E-state index >= 15 is 0 Å². The maximum absolute atomic E-state index is 10.8. The molecule has 0 fully saturated rings. The minimum absolute atomic E-state index is 0.169. The summed E-state index contributed by atoms with van der Waals surface area (Å²) in [4.78, 5) is 10.2. The Morgan fingerprint density at radius 2 is 2.00 bits per heavy atom. The Bertz CT molecular complexity index is 631. The van der Waals surface area contributed by atoms with Gasteiger partial charge in [-0.1, -0.05) is 55.4 Å². The molecule has 132 valence electrons. The summed E-state index contributed by atoms with van der Waals surface area (Å²) in [5, 5.41) is 19.8. The monoisotopic (exact) mass is 331 g/mol. The van der Waals surface area contributed by atoms with Crippen LogP contribution in [0.3, 0.4) is 0 Å². The third kappa shape index (κ3) is 5.60. The van der Waals surface area contributed by atoms with Crippen LogP contribution in [0.15, 0.2) is 58.4 Å². The third-order valence-electron chi connectivity index (χ3n) is 4.59. The summed E-state index contributed by atoms with van der Waals surface area (Å²) in [6.07, 6.45) is 13.3. The van der Waals surface area contributed by atoms with Crippen molar-refractivity contribution < 1.29 is 10.0 Å². The van der Waals surface area contributed by atoms with Gasteiger partial charge in [0.2, 0.25) is 0 Å². The molecule has 0 unspecified atom stereocenters. The fraction of sp³-hybridized carbons (Fsp3) is 0.500. The molecule has 1 rings (SSSR count). The van der Waals surface area contributed by atoms with Crippen molar-refractivity contribution in [2.45, 2.75) is 53.9 Å². The predicted molar refractivity (Wildman–Crippen MR) is 99.1 cm³/mol. The average Bonchev–Trinajstić information content (AvgIpc) is 2.46. The zero-order valence-corrected chi connectivity index (χ0v) is 15.4. The number of hydrogen-bond acceptors (Lipinski definition) is 3. The molecule has 0 atom stereocenters. The van der Waals surface area contributed by atoms with E-state index in [0.29, 0.717) is 5.57 Å². The lowest BCUT2D eigenvalue weighted by Gasteiger charge is -2.32. The van der Waals surface area contributed by atoms with E-state index < -0.39 is 11.5 Å². The van der Waals surface area contributed by atoms with Crippen LogP contribution in [-0.4, -0.2) is 16.6 Å². The Balaban J connectivity index is 2.88. The van der Waals surface area contributed by atoms with Gasteiger partial charge in [-0.3, -0.25) is 10.1 Å². The highest BCUT2D eigenvalue weighted by atomic mass is 16.6. The van der Waals surface area contributed by atoms with Gasteiger partial charge in [0.1, 0.15) is 6.61 Å². The van der Waals surface area contributed by atoms with Gasteiger partial charge in [-0.25, -0.2) is 0 Å². The van der Waals surface area contributed by atoms with E-state index in [1.54, 1.807) is 19.1 Å². The molecule has 24 heavy (non-hydrogen) atoms. The number of nitro groups is 1. The van der Waals surface area contributed by atoms with Gasteiger partial charge in [-0.2, -0.15) is 0 Å². The van der Waals surface area contributed by atoms with Crippen LogP contribution in [0.2, 0.25) is 0 Å². The fourth-order valence-corrected chi connectivity index (χ4v) is 3.05. The minimum atomic E-state index is -0.561. The lowest BCUT2D eigenvalue weighted by atomic mass is 9.72. The second kappa shape index (κ2) is 8.78. The van der Waals surface area contributed by atoms with Crippen molar-refractivity contribution in [2.24, 2.45) is 5.41 Å². The molecule has 1 aliphatic carbocycles. The summed E-state index contributed by atoms with van der Waals surface area (Å²) in [5.41, 5.74) is 4.46. The van der Waals surface area contributed by atoms with Crippen molar-refractivity contribution >= 4 is 0 Å². The molecular weight excluding hydrogens is 302 g/mol. The number of aliphatic hydroxyl groups is 1. The zero-order chi connectivity index (χ0) is 18.3. The van der Waals surface area contributed by atoms with E-state index in [1.807, 2.05) is 13.0 Å². The van der Waals surface area contributed by atoms with Crippen LogP contribution in [0.4, 0.5) is 0 Å². The van der Waals surface area contributed by atoms with E-state index in [2.05, 4.69) is 32.9 Å². The van der Waals surface area contributed by atoms with Crippen molar-refractivity contribution in [3.05, 3.63) is 68.5 Å². The number of rotatable bonds is 6. The van der Waals surface area contributed by atoms with Crippen LogP contribution in [-0.2, 0) is 0 Å². The molecule has 1 N–H and O–H groups in total. The first-order chi connectivity index (χ1) is 11.2. The van der Waals surface area contributed by atoms with Crippen molar-refractivity contribution in [1.82, 2.24) is 0 Å². The second-order valence-electron chi connectivity index (χ2n) is 7.08. The van der Waals surface area contributed by atoms with E-state index in [-0.39, 0.29) is 11.1 Å². The van der Waals surface area contributed by atoms with Crippen LogP contribution in [0, 0.1) is 15.5 Å². The molecule has 0 aromatic rings. The van der Waals surface area contributed by atoms with Gasteiger partial charge in [0.15, 0.2) is 0 Å². The highest BCUT2D eigenvalue weighted by molar-refractivity contribution is 5.37. The van der Waals surface area contributed by atoms with Crippen LogP contribution in [0.5, 0.6) is 0 Å². The molecular formula is C20H29NO3. The molecule has 0 spiro atoms. The first-order valence-corrected chi connectivity index (χ1v) is 8.37. The first kappa shape index (κ1) is 20.1. The Labute approximate surface area is 145 Å². The summed E-state index contributed by atoms with van der Waals surface area (Å²) >= 11 is 0. The number of aliphatic hydroxyl groups excluding tert-OH is 1. The van der Waals surface area contributed by atoms with Crippen molar-refractivity contribution in [2.75, 3.05) is 6.61 Å². The number of nitrogens with zero attached hydrogens (tertiary/aromatic N) is 1. The summed E-state index contributed by atoms with van der Waals surface area (Å²) in [6, 6.07) is 0. The van der Waals surface area contributed by atoms with Crippen LogP contribution in [0.1, 0.15) is 53.9 Å². The Morgan fingerprint density at radius 3 is 2.54 bits per heavy atom. The molecule has 0 aromatic heterocycles. The Morgan fingerprint density at radius 1 is 1.33 bits per heavy atom. The van der Waals surface area contributed by atoms with E-state index in [0.717, 1.165) is 5.57 Å². The van der Waals surface area contributed by atoms with E-state index in [9.17, 15) is 10.1 Å². The molecule has 4 nitrogen and oxygen atoms in total. The fourth-order valence-electron chi connectivity index (χ4n) is 3.05. The molecule has 0 aromatic carbocycles. The summed E-state index contributed by atoms with van der Waals surface area (Å²) in [7, 11) is 0. The highest BCUT2D eigenvalue weighted by Gasteiger charge is 2.26. The van der Waals surface area contributed by atoms with Gasteiger partial charge in [0, 0.05) is 5.57 Å². The number of hydrogen-bond donors (Lipinski definition) is 1. The standard InChI is InChI=1S/C20H29NO3/c1-15(8-6-9-17(3)19(14-22)21(23)24)11-12-18-16(2)10-7-13-20(18,4)5/h6,8-9,11-12,22H,7,10,13-14H2,1-5H3. The lowest BCUT2D eigenvalue weighted by Crippen LogP contribution is -2.19. The number of allylic oxidation sites excluding steroid dienone is 9. The molecule has 0 saturated heterocycles. The molecule has 1 aliphatic rings. The van der Waals surface area contributed by atoms with Crippen LogP contribution >= 0.6 is 0 Å². The maximum atomic E-state index is 10.8. The normalized spacial score (nSPS) is 20.0. The molecule has 0 amide bonds. The minimum Gasteiger partial charge on any atom is -0.385 e. The van der Waals surface area contributed by atoms with Crippen molar-refractivity contribution in [3.63, 3.8) is 0 Å². The molecule has 0 saturated carbocycles. The zero-order valence-electron chi connectivity index (χ0n) is 15.4. The third-order valence-corrected chi connectivity index (χ3v) is 4.59. The summed E-state index contributed by atoms with van der Waals surface area (Å²) in [6.45, 7) is 9.86. The van der Waals surface area contributed by atoms with Gasteiger partial charge in [-0.15, -0.1) is 0 Å². The van der Waals surface area contributed by atoms with Crippen molar-refractivity contribution in [3.8, 4) is 0 Å². The van der Waals surface area contributed by atoms with E-state index in [1.165, 1.54) is 30.4 Å². The second-order valence-corrected chi connectivity index (χ2v) is 7.08. The van der Waals surface area contributed by atoms with E-state index in [4.69, 9.17) is 5.11 Å². The smallest absolute Gasteiger partial charge is 0.274 e. The topological polar surface area (TPSA) is 63.4 Å². The largest absolute Gasteiger partial charge is 0.385 e. The van der Waals surface area contributed by atoms with Gasteiger partial charge < -0.3 is 5.11 Å². The summed E-state index contributed by atoms with van der Waals surface area (Å²) < 4.78 is 0. The quantitative estimate of drug-likeness (QED) is 0.417. The van der Waals surface area contributed by atoms with Crippen LogP contribution in [0.25, 0.3) is 0 Å². The molecule has 0 heterocycles. The lowest BCUT2D eigenvalue weighted by molar-refractivity contribution is -0.430. The first-order valence-electron chi connectivity index (χ1n) is 8.37. The van der Waals surface area contributed by atoms with Gasteiger partial charge >= 0.3 is 0 Å². The van der Waals surface area contributed by atoms with Gasteiger partial charge in [0.25, 0.3) is 5.70 Å². The van der Waals surface area contributed by atoms with Crippen LogP contribution < -0.4 is 0 Å². The molecule has 0 aliphatic heterocycles. The van der Waals surface area contributed by atoms with Gasteiger partial charge in [0.05, 0.1) is 4.92 Å². The predicted octanol–water partition coefficient (Wildman–Crippen LogP) is 5.11.